The molecular weight excluding hydrogens is 208 g/mol. The van der Waals surface area contributed by atoms with Crippen molar-refractivity contribution in [2.45, 2.75) is 0 Å². The highest BCUT2D eigenvalue weighted by Crippen LogP contribution is 2.17. The summed E-state index contributed by atoms with van der Waals surface area (Å²) in [4.78, 5) is 3.89. The number of halogens is 1. The molecule has 3 nitrogen and oxygen atoms in total. The Bertz CT molecular complexity index is 488. The average molecular weight is 217 g/mol. The fourth-order valence-electron chi connectivity index (χ4n) is 1.40. The van der Waals surface area contributed by atoms with Crippen molar-refractivity contribution < 1.29 is 14.4 Å². The molecule has 1 heterocycles. The van der Waals surface area contributed by atoms with Gasteiger partial charge in [0.15, 0.2) is 0 Å². The average Bonchev–Trinajstić information content (AvgIpc) is 2.30. The van der Waals surface area contributed by atoms with Crippen LogP contribution in [0.15, 0.2) is 42.7 Å². The number of pyridine rings is 1. The van der Waals surface area contributed by atoms with E-state index in [1.165, 1.54) is 18.3 Å². The highest BCUT2D eigenvalue weighted by Gasteiger charge is 2.11. The van der Waals surface area contributed by atoms with Crippen molar-refractivity contribution in [2.75, 3.05) is 0 Å². The molecule has 0 saturated heterocycles. The van der Waals surface area contributed by atoms with E-state index in [0.717, 1.165) is 5.56 Å². The quantitative estimate of drug-likeness (QED) is 0.723. The molecule has 5 heteroatoms. The third-order valence-electron chi connectivity index (χ3n) is 2.24. The van der Waals surface area contributed by atoms with Crippen LogP contribution in [0.4, 0.5) is 4.39 Å². The second kappa shape index (κ2) is 4.43. The lowest BCUT2D eigenvalue weighted by Crippen LogP contribution is -2.30. The van der Waals surface area contributed by atoms with E-state index < -0.39 is 7.12 Å². The first-order valence-electron chi connectivity index (χ1n) is 4.74. The van der Waals surface area contributed by atoms with Crippen molar-refractivity contribution in [3.05, 3.63) is 48.5 Å². The van der Waals surface area contributed by atoms with Gasteiger partial charge in [0.2, 0.25) is 0 Å². The number of rotatable bonds is 2. The molecule has 0 aliphatic carbocycles. The highest BCUT2D eigenvalue weighted by molar-refractivity contribution is 6.58. The lowest BCUT2D eigenvalue weighted by molar-refractivity contribution is 0.425. The van der Waals surface area contributed by atoms with Crippen LogP contribution in [0, 0.1) is 5.82 Å². The van der Waals surface area contributed by atoms with Gasteiger partial charge in [-0.1, -0.05) is 18.2 Å². The third kappa shape index (κ3) is 2.26. The minimum absolute atomic E-state index is 0.307. The summed E-state index contributed by atoms with van der Waals surface area (Å²) in [5.41, 5.74) is 1.80. The maximum atomic E-state index is 12.7. The molecule has 0 fully saturated rings. The first kappa shape index (κ1) is 10.8. The Labute approximate surface area is 92.4 Å². The zero-order valence-electron chi connectivity index (χ0n) is 8.34. The van der Waals surface area contributed by atoms with Crippen LogP contribution < -0.4 is 5.46 Å². The molecule has 0 amide bonds. The summed E-state index contributed by atoms with van der Waals surface area (Å²) in [6.07, 6.45) is 2.96. The van der Waals surface area contributed by atoms with E-state index in [1.54, 1.807) is 24.4 Å². The van der Waals surface area contributed by atoms with Crippen LogP contribution in [0.2, 0.25) is 0 Å². The molecule has 2 N–H and O–H groups in total. The second-order valence-electron chi connectivity index (χ2n) is 3.39. The van der Waals surface area contributed by atoms with Gasteiger partial charge in [-0.25, -0.2) is 4.39 Å². The Hall–Kier alpha value is -1.72. The molecule has 0 atom stereocenters. The van der Waals surface area contributed by atoms with E-state index in [1.807, 2.05) is 0 Å². The Morgan fingerprint density at radius 3 is 2.31 bits per heavy atom. The summed E-state index contributed by atoms with van der Waals surface area (Å²) < 4.78 is 12.7. The topological polar surface area (TPSA) is 53.4 Å². The number of benzene rings is 1. The smallest absolute Gasteiger partial charge is 0.423 e. The first-order valence-corrected chi connectivity index (χ1v) is 4.74. The van der Waals surface area contributed by atoms with Gasteiger partial charge < -0.3 is 10.0 Å². The lowest BCUT2D eigenvalue weighted by atomic mass is 9.80. The number of hydrogen-bond acceptors (Lipinski definition) is 3. The summed E-state index contributed by atoms with van der Waals surface area (Å²) in [6.45, 7) is 0. The Kier molecular flexibility index (Phi) is 2.98. The van der Waals surface area contributed by atoms with Gasteiger partial charge in [-0.3, -0.25) is 4.98 Å². The van der Waals surface area contributed by atoms with Crippen LogP contribution in [-0.2, 0) is 0 Å². The molecule has 0 saturated carbocycles. The molecule has 16 heavy (non-hydrogen) atoms. The van der Waals surface area contributed by atoms with Crippen LogP contribution >= 0.6 is 0 Å². The molecule has 2 aromatic rings. The fourth-order valence-corrected chi connectivity index (χ4v) is 1.40. The monoisotopic (exact) mass is 217 g/mol. The molecule has 2 rings (SSSR count). The molecule has 0 spiro atoms. The summed E-state index contributed by atoms with van der Waals surface area (Å²) in [6, 6.07) is 7.51. The van der Waals surface area contributed by atoms with Gasteiger partial charge in [0.05, 0.1) is 0 Å². The van der Waals surface area contributed by atoms with Gasteiger partial charge in [0, 0.05) is 17.9 Å². The van der Waals surface area contributed by atoms with Crippen molar-refractivity contribution in [1.29, 1.82) is 0 Å². The zero-order valence-corrected chi connectivity index (χ0v) is 8.34. The van der Waals surface area contributed by atoms with E-state index in [-0.39, 0.29) is 5.82 Å². The minimum atomic E-state index is -1.55. The van der Waals surface area contributed by atoms with Crippen LogP contribution in [0.5, 0.6) is 0 Å². The van der Waals surface area contributed by atoms with Gasteiger partial charge in [0.25, 0.3) is 0 Å². The van der Waals surface area contributed by atoms with E-state index in [4.69, 9.17) is 10.0 Å². The highest BCUT2D eigenvalue weighted by atomic mass is 19.1. The van der Waals surface area contributed by atoms with E-state index >= 15 is 0 Å². The predicted octanol–water partition coefficient (Wildman–Crippen LogP) is 0.567. The van der Waals surface area contributed by atoms with Crippen molar-refractivity contribution in [2.24, 2.45) is 0 Å². The molecule has 1 aromatic heterocycles. The summed E-state index contributed by atoms with van der Waals surface area (Å²) in [5, 5.41) is 18.0. The lowest BCUT2D eigenvalue weighted by Gasteiger charge is -2.03. The van der Waals surface area contributed by atoms with Gasteiger partial charge in [0.1, 0.15) is 5.82 Å². The standard InChI is InChI=1S/C11H9BFNO2/c13-11-3-1-8(2-4-11)9-5-10(12(15)16)7-14-6-9/h1-7,15-16H. The maximum absolute atomic E-state index is 12.7. The summed E-state index contributed by atoms with van der Waals surface area (Å²) in [5.74, 6) is -0.310. The first-order chi connectivity index (χ1) is 7.66. The molecule has 80 valence electrons. The van der Waals surface area contributed by atoms with Gasteiger partial charge in [-0.2, -0.15) is 0 Å². The maximum Gasteiger partial charge on any atom is 0.490 e. The van der Waals surface area contributed by atoms with Crippen molar-refractivity contribution >= 4 is 12.6 Å². The molecule has 0 aliphatic rings. The Balaban J connectivity index is 2.40. The Morgan fingerprint density at radius 2 is 1.69 bits per heavy atom. The third-order valence-corrected chi connectivity index (χ3v) is 2.24. The predicted molar refractivity (Wildman–Crippen MR) is 59.5 cm³/mol. The normalized spacial score (nSPS) is 10.2. The Morgan fingerprint density at radius 1 is 1.00 bits per heavy atom. The van der Waals surface area contributed by atoms with Crippen LogP contribution in [0.1, 0.15) is 0 Å². The molecule has 1 aromatic carbocycles. The molecule has 0 aliphatic heterocycles. The van der Waals surface area contributed by atoms with E-state index in [2.05, 4.69) is 4.98 Å². The van der Waals surface area contributed by atoms with Crippen LogP contribution in [0.3, 0.4) is 0 Å². The fraction of sp³-hybridized carbons (Fsp3) is 0. The van der Waals surface area contributed by atoms with Crippen molar-refractivity contribution in [3.8, 4) is 11.1 Å². The van der Waals surface area contributed by atoms with Gasteiger partial charge in [-0.15, -0.1) is 0 Å². The van der Waals surface area contributed by atoms with Crippen molar-refractivity contribution in [3.63, 3.8) is 0 Å². The largest absolute Gasteiger partial charge is 0.490 e. The van der Waals surface area contributed by atoms with Crippen LogP contribution in [0.25, 0.3) is 11.1 Å². The molecule has 0 radical (unpaired) electrons. The van der Waals surface area contributed by atoms with Gasteiger partial charge >= 0.3 is 7.12 Å². The molecule has 0 bridgehead atoms. The van der Waals surface area contributed by atoms with E-state index in [9.17, 15) is 4.39 Å². The SMILES string of the molecule is OB(O)c1cncc(-c2ccc(F)cc2)c1. The molecule has 0 unspecified atom stereocenters. The minimum Gasteiger partial charge on any atom is -0.423 e. The molecular formula is C11H9BFNO2. The number of aromatic nitrogens is 1. The summed E-state index contributed by atoms with van der Waals surface area (Å²) >= 11 is 0. The number of nitrogens with zero attached hydrogens (tertiary/aromatic N) is 1. The summed E-state index contributed by atoms with van der Waals surface area (Å²) in [7, 11) is -1.55. The van der Waals surface area contributed by atoms with Crippen molar-refractivity contribution in [1.82, 2.24) is 4.98 Å². The zero-order chi connectivity index (χ0) is 11.5. The van der Waals surface area contributed by atoms with Gasteiger partial charge in [-0.05, 0) is 23.3 Å². The number of hydrogen-bond donors (Lipinski definition) is 2. The van der Waals surface area contributed by atoms with E-state index in [0.29, 0.717) is 11.0 Å². The van der Waals surface area contributed by atoms with Crippen LogP contribution in [-0.4, -0.2) is 22.2 Å². The second-order valence-corrected chi connectivity index (χ2v) is 3.39.